The summed E-state index contributed by atoms with van der Waals surface area (Å²) in [4.78, 5) is 26.7. The first-order valence-corrected chi connectivity index (χ1v) is 10.4. The van der Waals surface area contributed by atoms with E-state index in [0.717, 1.165) is 25.9 Å². The first kappa shape index (κ1) is 18.7. The average Bonchev–Trinajstić information content (AvgIpc) is 3.14. The second-order valence-electron chi connectivity index (χ2n) is 7.03. The first-order chi connectivity index (χ1) is 12.3. The molecule has 1 amide bonds. The second-order valence-corrected chi connectivity index (χ2v) is 9.23. The maximum atomic E-state index is 12.7. The van der Waals surface area contributed by atoms with Crippen LogP contribution in [0.1, 0.15) is 60.2 Å². The van der Waals surface area contributed by atoms with Crippen molar-refractivity contribution in [3.05, 3.63) is 29.3 Å². The molecule has 1 heterocycles. The van der Waals surface area contributed by atoms with E-state index in [1.165, 1.54) is 12.1 Å². The zero-order valence-corrected chi connectivity index (χ0v) is 15.9. The van der Waals surface area contributed by atoms with E-state index in [-0.39, 0.29) is 12.2 Å². The van der Waals surface area contributed by atoms with Crippen LogP contribution in [0.2, 0.25) is 0 Å². The lowest BCUT2D eigenvalue weighted by atomic mass is 10.1. The number of hydrogen-bond acceptors (Lipinski definition) is 6. The van der Waals surface area contributed by atoms with Gasteiger partial charge in [0.05, 0.1) is 28.2 Å². The molecule has 0 atom stereocenters. The molecule has 0 unspecified atom stereocenters. The summed E-state index contributed by atoms with van der Waals surface area (Å²) in [5.74, 6) is -1.12. The molecular weight excluding hydrogens is 356 g/mol. The van der Waals surface area contributed by atoms with Crippen molar-refractivity contribution in [2.24, 2.45) is 0 Å². The van der Waals surface area contributed by atoms with E-state index >= 15 is 0 Å². The Bertz CT molecular complexity index is 824. The molecule has 1 saturated carbocycles. The summed E-state index contributed by atoms with van der Waals surface area (Å²) < 4.78 is 31.1. The number of sulfonamides is 1. The second kappa shape index (κ2) is 6.90. The van der Waals surface area contributed by atoms with Crippen LogP contribution in [0, 0.1) is 0 Å². The Hall–Kier alpha value is -2.09. The van der Waals surface area contributed by atoms with Gasteiger partial charge in [-0.25, -0.2) is 17.9 Å². The van der Waals surface area contributed by atoms with Gasteiger partial charge in [0.25, 0.3) is 5.91 Å². The van der Waals surface area contributed by atoms with Crippen LogP contribution in [0.5, 0.6) is 0 Å². The Balaban J connectivity index is 1.92. The number of hydrogen-bond donors (Lipinski definition) is 1. The Kier molecular flexibility index (Phi) is 4.96. The van der Waals surface area contributed by atoms with Crippen LogP contribution in [-0.4, -0.2) is 44.7 Å². The number of nitrogens with zero attached hydrogens (tertiary/aromatic N) is 1. The normalized spacial score (nSPS) is 18.5. The van der Waals surface area contributed by atoms with Crippen molar-refractivity contribution in [2.75, 3.05) is 24.6 Å². The molecule has 3 rings (SSSR count). The lowest BCUT2D eigenvalue weighted by molar-refractivity contribution is 0.0526. The molecule has 8 heteroatoms. The SMILES string of the molecule is CCOC(=O)c1ccc(C(=O)NS(=O)(=O)C2(C)CC2)c(N2CCCC2)c1. The first-order valence-electron chi connectivity index (χ1n) is 8.90. The summed E-state index contributed by atoms with van der Waals surface area (Å²) in [5.41, 5.74) is 1.18. The van der Waals surface area contributed by atoms with Gasteiger partial charge in [-0.15, -0.1) is 0 Å². The molecule has 2 aliphatic rings. The summed E-state index contributed by atoms with van der Waals surface area (Å²) in [6, 6.07) is 4.61. The molecule has 1 aromatic rings. The number of rotatable bonds is 6. The van der Waals surface area contributed by atoms with Gasteiger partial charge in [-0.2, -0.15) is 0 Å². The zero-order chi connectivity index (χ0) is 18.9. The van der Waals surface area contributed by atoms with Crippen LogP contribution in [0.4, 0.5) is 5.69 Å². The molecule has 7 nitrogen and oxygen atoms in total. The smallest absolute Gasteiger partial charge is 0.338 e. The van der Waals surface area contributed by atoms with Gasteiger partial charge in [0.15, 0.2) is 0 Å². The van der Waals surface area contributed by atoms with Crippen LogP contribution in [-0.2, 0) is 14.8 Å². The summed E-state index contributed by atoms with van der Waals surface area (Å²) in [5, 5.41) is 0. The third-order valence-electron chi connectivity index (χ3n) is 5.03. The van der Waals surface area contributed by atoms with Crippen molar-refractivity contribution in [1.82, 2.24) is 4.72 Å². The minimum Gasteiger partial charge on any atom is -0.462 e. The number of carbonyl (C=O) groups is 2. The molecule has 26 heavy (non-hydrogen) atoms. The molecule has 142 valence electrons. The highest BCUT2D eigenvalue weighted by molar-refractivity contribution is 7.91. The Morgan fingerprint density at radius 2 is 1.88 bits per heavy atom. The van der Waals surface area contributed by atoms with Crippen molar-refractivity contribution in [3.8, 4) is 0 Å². The molecule has 1 aliphatic heterocycles. The van der Waals surface area contributed by atoms with E-state index in [1.54, 1.807) is 19.9 Å². The highest BCUT2D eigenvalue weighted by Gasteiger charge is 2.51. The highest BCUT2D eigenvalue weighted by Crippen LogP contribution is 2.42. The molecule has 0 spiro atoms. The van der Waals surface area contributed by atoms with Crippen molar-refractivity contribution in [1.29, 1.82) is 0 Å². The lowest BCUT2D eigenvalue weighted by Crippen LogP contribution is -2.39. The zero-order valence-electron chi connectivity index (χ0n) is 15.1. The van der Waals surface area contributed by atoms with E-state index in [4.69, 9.17) is 4.74 Å². The number of benzene rings is 1. The quantitative estimate of drug-likeness (QED) is 0.760. The van der Waals surface area contributed by atoms with E-state index in [0.29, 0.717) is 24.1 Å². The Morgan fingerprint density at radius 1 is 1.23 bits per heavy atom. The van der Waals surface area contributed by atoms with E-state index < -0.39 is 26.6 Å². The number of nitrogens with one attached hydrogen (secondary N) is 1. The van der Waals surface area contributed by atoms with E-state index in [2.05, 4.69) is 4.72 Å². The minimum absolute atomic E-state index is 0.257. The molecule has 0 aromatic heterocycles. The fraction of sp³-hybridized carbons (Fsp3) is 0.556. The van der Waals surface area contributed by atoms with E-state index in [1.807, 2.05) is 4.90 Å². The monoisotopic (exact) mass is 380 g/mol. The van der Waals surface area contributed by atoms with Gasteiger partial charge >= 0.3 is 5.97 Å². The maximum absolute atomic E-state index is 12.7. The number of ether oxygens (including phenoxy) is 1. The topological polar surface area (TPSA) is 92.8 Å². The lowest BCUT2D eigenvalue weighted by Gasteiger charge is -2.22. The molecule has 0 radical (unpaired) electrons. The van der Waals surface area contributed by atoms with E-state index in [9.17, 15) is 18.0 Å². The highest BCUT2D eigenvalue weighted by atomic mass is 32.2. The van der Waals surface area contributed by atoms with Gasteiger partial charge in [0.1, 0.15) is 0 Å². The molecule has 2 fully saturated rings. The number of esters is 1. The fourth-order valence-electron chi connectivity index (χ4n) is 3.03. The summed E-state index contributed by atoms with van der Waals surface area (Å²) in [6.07, 6.45) is 3.08. The van der Waals surface area contributed by atoms with Gasteiger partial charge in [-0.3, -0.25) is 4.79 Å². The van der Waals surface area contributed by atoms with Crippen molar-refractivity contribution >= 4 is 27.6 Å². The number of carbonyl (C=O) groups excluding carboxylic acids is 2. The molecular formula is C18H24N2O5S. The molecule has 1 saturated heterocycles. The molecule has 0 bridgehead atoms. The predicted molar refractivity (Wildman–Crippen MR) is 97.9 cm³/mol. The van der Waals surface area contributed by atoms with Gasteiger partial charge in [0, 0.05) is 13.1 Å². The molecule has 1 aliphatic carbocycles. The molecule has 1 aromatic carbocycles. The standard InChI is InChI=1S/C18H24N2O5S/c1-3-25-17(22)13-6-7-14(15(12-13)20-10-4-5-11-20)16(21)19-26(23,24)18(2)8-9-18/h6-7,12H,3-5,8-11H2,1-2H3,(H,19,21). The van der Waals surface area contributed by atoms with Crippen LogP contribution in [0.15, 0.2) is 18.2 Å². The van der Waals surface area contributed by atoms with Crippen molar-refractivity contribution < 1.29 is 22.7 Å². The Labute approximate surface area is 153 Å². The summed E-state index contributed by atoms with van der Waals surface area (Å²) >= 11 is 0. The summed E-state index contributed by atoms with van der Waals surface area (Å²) in [6.45, 7) is 5.14. The van der Waals surface area contributed by atoms with Crippen LogP contribution in [0.25, 0.3) is 0 Å². The minimum atomic E-state index is -3.72. The average molecular weight is 380 g/mol. The van der Waals surface area contributed by atoms with Crippen molar-refractivity contribution in [3.63, 3.8) is 0 Å². The maximum Gasteiger partial charge on any atom is 0.338 e. The third kappa shape index (κ3) is 3.56. The fourth-order valence-corrected chi connectivity index (χ4v) is 4.27. The number of amides is 1. The van der Waals surface area contributed by atoms with Gasteiger partial charge in [-0.05, 0) is 57.7 Å². The van der Waals surface area contributed by atoms with Crippen molar-refractivity contribution in [2.45, 2.75) is 44.3 Å². The largest absolute Gasteiger partial charge is 0.462 e. The van der Waals surface area contributed by atoms with Crippen LogP contribution >= 0.6 is 0 Å². The van der Waals surface area contributed by atoms with Crippen LogP contribution in [0.3, 0.4) is 0 Å². The Morgan fingerprint density at radius 3 is 2.46 bits per heavy atom. The van der Waals surface area contributed by atoms with Gasteiger partial charge in [-0.1, -0.05) is 0 Å². The third-order valence-corrected chi connectivity index (χ3v) is 7.19. The molecule has 1 N–H and O–H groups in total. The predicted octanol–water partition coefficient (Wildman–Crippen LogP) is 2.08. The van der Waals surface area contributed by atoms with Gasteiger partial charge in [0.2, 0.25) is 10.0 Å². The number of anilines is 1. The van der Waals surface area contributed by atoms with Gasteiger partial charge < -0.3 is 9.64 Å². The van der Waals surface area contributed by atoms with Crippen LogP contribution < -0.4 is 9.62 Å². The summed E-state index contributed by atoms with van der Waals surface area (Å²) in [7, 11) is -3.72.